The second kappa shape index (κ2) is 13.9. The van der Waals surface area contributed by atoms with Crippen LogP contribution in [-0.2, 0) is 20.0 Å². The number of rotatable bonds is 8. The molecule has 2 aromatic carbocycles. The first-order valence-electron chi connectivity index (χ1n) is 15.1. The number of alkyl halides is 3. The van der Waals surface area contributed by atoms with E-state index in [0.29, 0.717) is 43.5 Å². The molecule has 11 nitrogen and oxygen atoms in total. The van der Waals surface area contributed by atoms with Gasteiger partial charge in [0.15, 0.2) is 5.69 Å². The minimum atomic E-state index is -4.76. The summed E-state index contributed by atoms with van der Waals surface area (Å²) >= 11 is 1.61. The third kappa shape index (κ3) is 6.92. The molecule has 15 heteroatoms. The fraction of sp³-hybridized carbons (Fsp3) is 0.406. The number of fused-ring (bicyclic) bond motifs is 3. The van der Waals surface area contributed by atoms with Crippen molar-refractivity contribution in [2.45, 2.75) is 35.8 Å². The highest BCUT2D eigenvalue weighted by atomic mass is 32.2. The van der Waals surface area contributed by atoms with Crippen LogP contribution in [0.2, 0.25) is 0 Å². The highest BCUT2D eigenvalue weighted by Gasteiger charge is 2.48. The molecule has 2 atom stereocenters. The zero-order chi connectivity index (χ0) is 33.1. The Morgan fingerprint density at radius 3 is 2.51 bits per heavy atom. The van der Waals surface area contributed by atoms with Gasteiger partial charge in [-0.25, -0.2) is 4.79 Å². The van der Waals surface area contributed by atoms with Crippen LogP contribution in [0.25, 0.3) is 0 Å². The first-order valence-corrected chi connectivity index (χ1v) is 16.0. The van der Waals surface area contributed by atoms with Crippen molar-refractivity contribution >= 4 is 23.8 Å². The van der Waals surface area contributed by atoms with Crippen molar-refractivity contribution in [1.82, 2.24) is 14.5 Å². The minimum absolute atomic E-state index is 0.0442. The smallest absolute Gasteiger partial charge is 0.451 e. The summed E-state index contributed by atoms with van der Waals surface area (Å²) in [7, 11) is 0. The Bertz CT molecular complexity index is 1630. The molecular formula is C32H33F3N4O7S. The van der Waals surface area contributed by atoms with Crippen LogP contribution in [0.4, 0.5) is 18.0 Å². The summed E-state index contributed by atoms with van der Waals surface area (Å²) in [4.78, 5) is 42.9. The number of amides is 1. The molecule has 1 fully saturated rings. The minimum Gasteiger partial charge on any atom is -0.451 e. The number of aromatic nitrogens is 1. The van der Waals surface area contributed by atoms with Crippen molar-refractivity contribution in [2.24, 2.45) is 0 Å². The van der Waals surface area contributed by atoms with E-state index >= 15 is 0 Å². The Labute approximate surface area is 272 Å². The SMILES string of the molecule is C[C@@H](N1CN([C@H]2c3ccccc3CSc3ccccc32)n2ccc(=O)c(OCOC(=O)OCCN3CCOCC3)c2C1=O)C(F)(F)F. The molecular weight excluding hydrogens is 641 g/mol. The predicted octanol–water partition coefficient (Wildman–Crippen LogP) is 4.37. The molecule has 0 aliphatic carbocycles. The van der Waals surface area contributed by atoms with Crippen LogP contribution in [0.3, 0.4) is 0 Å². The summed E-state index contributed by atoms with van der Waals surface area (Å²) < 4.78 is 64.9. The maximum atomic E-state index is 14.2. The molecule has 3 aliphatic heterocycles. The Kier molecular flexibility index (Phi) is 9.66. The van der Waals surface area contributed by atoms with E-state index in [0.717, 1.165) is 34.6 Å². The number of pyridine rings is 1. The van der Waals surface area contributed by atoms with E-state index in [1.165, 1.54) is 10.9 Å². The van der Waals surface area contributed by atoms with Gasteiger partial charge in [-0.1, -0.05) is 42.5 Å². The lowest BCUT2D eigenvalue weighted by atomic mass is 9.94. The Balaban J connectivity index is 1.33. The zero-order valence-corrected chi connectivity index (χ0v) is 26.3. The number of ether oxygens (including phenoxy) is 4. The van der Waals surface area contributed by atoms with E-state index in [2.05, 4.69) is 4.90 Å². The van der Waals surface area contributed by atoms with Crippen LogP contribution in [0, 0.1) is 0 Å². The number of hydrogen-bond donors (Lipinski definition) is 0. The number of carbonyl (C=O) groups is 2. The number of hydrogen-bond acceptors (Lipinski definition) is 10. The van der Waals surface area contributed by atoms with Crippen LogP contribution in [0.1, 0.15) is 40.1 Å². The lowest BCUT2D eigenvalue weighted by Crippen LogP contribution is -2.60. The topological polar surface area (TPSA) is 103 Å². The molecule has 1 amide bonds. The maximum Gasteiger partial charge on any atom is 0.511 e. The molecule has 0 bridgehead atoms. The molecule has 47 heavy (non-hydrogen) atoms. The van der Waals surface area contributed by atoms with E-state index in [4.69, 9.17) is 18.9 Å². The van der Waals surface area contributed by atoms with E-state index in [1.807, 2.05) is 48.5 Å². The lowest BCUT2D eigenvalue weighted by Gasteiger charge is -2.46. The van der Waals surface area contributed by atoms with Crippen LogP contribution >= 0.6 is 11.8 Å². The summed E-state index contributed by atoms with van der Waals surface area (Å²) in [6, 6.07) is 13.5. The van der Waals surface area contributed by atoms with Gasteiger partial charge in [-0.2, -0.15) is 13.2 Å². The molecule has 250 valence electrons. The van der Waals surface area contributed by atoms with Crippen molar-refractivity contribution in [3.05, 3.63) is 93.4 Å². The number of carbonyl (C=O) groups excluding carboxylic acids is 2. The average molecular weight is 675 g/mol. The van der Waals surface area contributed by atoms with Crippen molar-refractivity contribution in [1.29, 1.82) is 0 Å². The molecule has 3 aromatic rings. The molecule has 1 saturated heterocycles. The molecule has 0 N–H and O–H groups in total. The summed E-state index contributed by atoms with van der Waals surface area (Å²) in [5.41, 5.74) is 1.45. The molecule has 0 spiro atoms. The fourth-order valence-electron chi connectivity index (χ4n) is 5.84. The van der Waals surface area contributed by atoms with Gasteiger partial charge in [0.1, 0.15) is 19.3 Å². The second-order valence-electron chi connectivity index (χ2n) is 11.2. The standard InChI is InChI=1S/C32H33F3N4O7S/c1-21(32(33,34)35)37-19-39(27-23-7-3-2-6-22(23)18-47-26-9-5-4-8-24(26)27)38-11-10-25(40)29(28(38)30(37)41)45-20-46-31(42)44-17-14-36-12-15-43-16-13-36/h2-11,21,27H,12-20H2,1H3/t21-,27+/m1/s1. The molecule has 0 saturated carbocycles. The lowest BCUT2D eigenvalue weighted by molar-refractivity contribution is -0.173. The second-order valence-corrected chi connectivity index (χ2v) is 12.2. The van der Waals surface area contributed by atoms with Gasteiger partial charge in [0, 0.05) is 42.5 Å². The largest absolute Gasteiger partial charge is 0.511 e. The molecule has 6 rings (SSSR count). The normalized spacial score (nSPS) is 18.8. The van der Waals surface area contributed by atoms with Crippen LogP contribution in [-0.4, -0.2) is 91.7 Å². The Morgan fingerprint density at radius 2 is 1.74 bits per heavy atom. The average Bonchev–Trinajstić information content (AvgIpc) is 3.23. The number of halogens is 3. The quantitative estimate of drug-likeness (QED) is 0.253. The third-order valence-corrected chi connectivity index (χ3v) is 9.51. The fourth-order valence-corrected chi connectivity index (χ4v) is 6.93. The molecule has 1 aromatic heterocycles. The van der Waals surface area contributed by atoms with Crippen LogP contribution in [0.5, 0.6) is 5.75 Å². The molecule has 0 unspecified atom stereocenters. The van der Waals surface area contributed by atoms with Crippen LogP contribution in [0.15, 0.2) is 70.5 Å². The van der Waals surface area contributed by atoms with E-state index in [-0.39, 0.29) is 6.61 Å². The molecule has 4 heterocycles. The van der Waals surface area contributed by atoms with Gasteiger partial charge in [-0.15, -0.1) is 11.8 Å². The monoisotopic (exact) mass is 674 g/mol. The highest BCUT2D eigenvalue weighted by Crippen LogP contribution is 2.43. The molecule has 3 aliphatic rings. The Morgan fingerprint density at radius 1 is 1.02 bits per heavy atom. The van der Waals surface area contributed by atoms with Gasteiger partial charge in [-0.3, -0.25) is 24.2 Å². The van der Waals surface area contributed by atoms with Crippen LogP contribution < -0.4 is 15.2 Å². The summed E-state index contributed by atoms with van der Waals surface area (Å²) in [6.45, 7) is 2.74. The van der Waals surface area contributed by atoms with E-state index in [9.17, 15) is 27.6 Å². The van der Waals surface area contributed by atoms with Gasteiger partial charge in [-0.05, 0) is 29.7 Å². The zero-order valence-electron chi connectivity index (χ0n) is 25.5. The van der Waals surface area contributed by atoms with E-state index in [1.54, 1.807) is 16.8 Å². The van der Waals surface area contributed by atoms with Crippen molar-refractivity contribution in [2.75, 3.05) is 57.9 Å². The first kappa shape index (κ1) is 32.7. The van der Waals surface area contributed by atoms with Crippen molar-refractivity contribution in [3.63, 3.8) is 0 Å². The van der Waals surface area contributed by atoms with Gasteiger partial charge < -0.3 is 23.8 Å². The van der Waals surface area contributed by atoms with Crippen molar-refractivity contribution in [3.8, 4) is 5.75 Å². The van der Waals surface area contributed by atoms with Gasteiger partial charge >= 0.3 is 12.3 Å². The van der Waals surface area contributed by atoms with Crippen molar-refractivity contribution < 1.29 is 41.7 Å². The third-order valence-electron chi connectivity index (χ3n) is 8.37. The van der Waals surface area contributed by atoms with Gasteiger partial charge in [0.25, 0.3) is 5.91 Å². The van der Waals surface area contributed by atoms with Gasteiger partial charge in [0.05, 0.1) is 19.3 Å². The molecule has 0 radical (unpaired) electrons. The predicted molar refractivity (Wildman–Crippen MR) is 165 cm³/mol. The summed E-state index contributed by atoms with van der Waals surface area (Å²) in [5, 5.41) is 1.62. The van der Waals surface area contributed by atoms with Gasteiger partial charge in [0.2, 0.25) is 18.0 Å². The maximum absolute atomic E-state index is 14.2. The summed E-state index contributed by atoms with van der Waals surface area (Å²) in [5.74, 6) is -0.978. The van der Waals surface area contributed by atoms with E-state index < -0.39 is 60.7 Å². The Hall–Kier alpha value is -4.21. The number of nitrogens with zero attached hydrogens (tertiary/aromatic N) is 4. The number of morpholine rings is 1. The summed E-state index contributed by atoms with van der Waals surface area (Å²) in [6.07, 6.45) is -4.47. The first-order chi connectivity index (χ1) is 22.6. The highest BCUT2D eigenvalue weighted by molar-refractivity contribution is 7.98. The number of thioether (sulfide) groups is 1. The number of benzene rings is 2.